The van der Waals surface area contributed by atoms with Gasteiger partial charge in [0.25, 0.3) is 0 Å². The van der Waals surface area contributed by atoms with Crippen LogP contribution >= 0.6 is 0 Å². The average Bonchev–Trinajstić information content (AvgIpc) is 3.09. The zero-order chi connectivity index (χ0) is 16.8. The zero-order valence-corrected chi connectivity index (χ0v) is 13.0. The number of aliphatic hydroxyl groups is 1. The first kappa shape index (κ1) is 15.8. The van der Waals surface area contributed by atoms with Crippen molar-refractivity contribution < 1.29 is 9.90 Å². The SMILES string of the molecule is O=C(NCc1cccc(CO)c1)Nc1cnn(-c2ccccc2)c1. The number of nitrogens with one attached hydrogen (secondary N) is 2. The summed E-state index contributed by atoms with van der Waals surface area (Å²) in [5.41, 5.74) is 3.28. The molecule has 3 aromatic rings. The molecule has 3 N–H and O–H groups in total. The van der Waals surface area contributed by atoms with Gasteiger partial charge in [-0.05, 0) is 23.3 Å². The topological polar surface area (TPSA) is 79.2 Å². The van der Waals surface area contributed by atoms with Crippen molar-refractivity contribution in [3.05, 3.63) is 78.1 Å². The molecule has 0 unspecified atom stereocenters. The third kappa shape index (κ3) is 3.99. The van der Waals surface area contributed by atoms with Crippen molar-refractivity contribution in [2.75, 3.05) is 5.32 Å². The van der Waals surface area contributed by atoms with Crippen LogP contribution in [0.5, 0.6) is 0 Å². The summed E-state index contributed by atoms with van der Waals surface area (Å²) in [7, 11) is 0. The van der Waals surface area contributed by atoms with E-state index >= 15 is 0 Å². The Morgan fingerprint density at radius 1 is 1.08 bits per heavy atom. The van der Waals surface area contributed by atoms with Crippen LogP contribution in [0.4, 0.5) is 10.5 Å². The summed E-state index contributed by atoms with van der Waals surface area (Å²) >= 11 is 0. The molecule has 0 aliphatic carbocycles. The third-order valence-corrected chi connectivity index (χ3v) is 3.49. The highest BCUT2D eigenvalue weighted by Gasteiger charge is 2.05. The second-order valence-electron chi connectivity index (χ2n) is 5.29. The fourth-order valence-corrected chi connectivity index (χ4v) is 2.30. The first-order valence-corrected chi connectivity index (χ1v) is 7.58. The maximum atomic E-state index is 12.0. The number of carbonyl (C=O) groups excluding carboxylic acids is 1. The lowest BCUT2D eigenvalue weighted by Crippen LogP contribution is -2.28. The van der Waals surface area contributed by atoms with Crippen molar-refractivity contribution in [1.29, 1.82) is 0 Å². The number of anilines is 1. The molecule has 1 heterocycles. The molecule has 3 rings (SSSR count). The van der Waals surface area contributed by atoms with Crippen LogP contribution in [-0.2, 0) is 13.2 Å². The Bertz CT molecular complexity index is 815. The van der Waals surface area contributed by atoms with E-state index in [1.807, 2.05) is 54.6 Å². The van der Waals surface area contributed by atoms with Gasteiger partial charge >= 0.3 is 6.03 Å². The lowest BCUT2D eigenvalue weighted by atomic mass is 10.1. The number of benzene rings is 2. The molecule has 0 aliphatic heterocycles. The molecule has 0 saturated heterocycles. The molecule has 0 fully saturated rings. The first-order valence-electron chi connectivity index (χ1n) is 7.58. The quantitative estimate of drug-likeness (QED) is 0.676. The number of aromatic nitrogens is 2. The monoisotopic (exact) mass is 322 g/mol. The summed E-state index contributed by atoms with van der Waals surface area (Å²) < 4.78 is 1.69. The van der Waals surface area contributed by atoms with Gasteiger partial charge in [0.1, 0.15) is 0 Å². The molecule has 24 heavy (non-hydrogen) atoms. The molecule has 0 spiro atoms. The highest BCUT2D eigenvalue weighted by Crippen LogP contribution is 2.11. The number of hydrogen-bond acceptors (Lipinski definition) is 3. The lowest BCUT2D eigenvalue weighted by molar-refractivity contribution is 0.251. The van der Waals surface area contributed by atoms with Crippen LogP contribution in [0.1, 0.15) is 11.1 Å². The van der Waals surface area contributed by atoms with Gasteiger partial charge in [0, 0.05) is 6.54 Å². The molecule has 0 atom stereocenters. The molecule has 0 aliphatic rings. The Morgan fingerprint density at radius 2 is 1.88 bits per heavy atom. The van der Waals surface area contributed by atoms with Crippen molar-refractivity contribution in [2.24, 2.45) is 0 Å². The van der Waals surface area contributed by atoms with E-state index in [9.17, 15) is 4.79 Å². The lowest BCUT2D eigenvalue weighted by Gasteiger charge is -2.07. The van der Waals surface area contributed by atoms with Crippen molar-refractivity contribution in [2.45, 2.75) is 13.2 Å². The molecule has 0 bridgehead atoms. The Morgan fingerprint density at radius 3 is 2.67 bits per heavy atom. The minimum atomic E-state index is -0.308. The van der Waals surface area contributed by atoms with Gasteiger partial charge in [-0.25, -0.2) is 9.48 Å². The van der Waals surface area contributed by atoms with Crippen LogP contribution in [0.2, 0.25) is 0 Å². The highest BCUT2D eigenvalue weighted by atomic mass is 16.3. The molecular formula is C18H18N4O2. The van der Waals surface area contributed by atoms with Gasteiger partial charge in [0.15, 0.2) is 0 Å². The summed E-state index contributed by atoms with van der Waals surface area (Å²) in [6, 6.07) is 16.8. The molecule has 2 amide bonds. The minimum Gasteiger partial charge on any atom is -0.392 e. The number of hydrogen-bond donors (Lipinski definition) is 3. The van der Waals surface area contributed by atoms with Crippen LogP contribution < -0.4 is 10.6 Å². The van der Waals surface area contributed by atoms with Crippen LogP contribution in [-0.4, -0.2) is 20.9 Å². The number of carbonyl (C=O) groups is 1. The van der Waals surface area contributed by atoms with Gasteiger partial charge in [-0.15, -0.1) is 0 Å². The fourth-order valence-electron chi connectivity index (χ4n) is 2.30. The van der Waals surface area contributed by atoms with E-state index in [0.717, 1.165) is 16.8 Å². The van der Waals surface area contributed by atoms with Gasteiger partial charge in [0.05, 0.1) is 30.4 Å². The standard InChI is InChI=1S/C18H18N4O2/c23-13-15-6-4-5-14(9-15)10-19-18(24)21-16-11-20-22(12-16)17-7-2-1-3-8-17/h1-9,11-12,23H,10,13H2,(H2,19,21,24). The predicted molar refractivity (Wildman–Crippen MR) is 91.8 cm³/mol. The van der Waals surface area contributed by atoms with Crippen molar-refractivity contribution >= 4 is 11.7 Å². The molecule has 6 nitrogen and oxygen atoms in total. The number of nitrogens with zero attached hydrogens (tertiary/aromatic N) is 2. The van der Waals surface area contributed by atoms with Gasteiger partial charge in [-0.3, -0.25) is 0 Å². The third-order valence-electron chi connectivity index (χ3n) is 3.49. The van der Waals surface area contributed by atoms with Crippen LogP contribution in [0.15, 0.2) is 67.0 Å². The summed E-state index contributed by atoms with van der Waals surface area (Å²) in [6.45, 7) is 0.366. The number of aliphatic hydroxyl groups excluding tert-OH is 1. The van der Waals surface area contributed by atoms with Gasteiger partial charge in [0.2, 0.25) is 0 Å². The van der Waals surface area contributed by atoms with Crippen molar-refractivity contribution in [3.63, 3.8) is 0 Å². The Hall–Kier alpha value is -3.12. The molecule has 122 valence electrons. The number of amides is 2. The highest BCUT2D eigenvalue weighted by molar-refractivity contribution is 5.88. The summed E-state index contributed by atoms with van der Waals surface area (Å²) in [6.07, 6.45) is 3.35. The normalized spacial score (nSPS) is 10.4. The van der Waals surface area contributed by atoms with Crippen LogP contribution in [0.25, 0.3) is 5.69 Å². The van der Waals surface area contributed by atoms with Gasteiger partial charge in [-0.2, -0.15) is 5.10 Å². The largest absolute Gasteiger partial charge is 0.392 e. The number of para-hydroxylation sites is 1. The molecule has 0 radical (unpaired) electrons. The Kier molecular flexibility index (Phi) is 4.88. The fraction of sp³-hybridized carbons (Fsp3) is 0.111. The Labute approximate surface area is 139 Å². The summed E-state index contributed by atoms with van der Waals surface area (Å²) in [5.74, 6) is 0. The van der Waals surface area contributed by atoms with Crippen molar-refractivity contribution in [3.8, 4) is 5.69 Å². The summed E-state index contributed by atoms with van der Waals surface area (Å²) in [5, 5.41) is 18.9. The molecule has 6 heteroatoms. The van der Waals surface area contributed by atoms with E-state index in [4.69, 9.17) is 5.11 Å². The van der Waals surface area contributed by atoms with E-state index < -0.39 is 0 Å². The molecule has 2 aromatic carbocycles. The maximum Gasteiger partial charge on any atom is 0.319 e. The Balaban J connectivity index is 1.56. The number of rotatable bonds is 5. The van der Waals surface area contributed by atoms with Gasteiger partial charge < -0.3 is 15.7 Å². The maximum absolute atomic E-state index is 12.0. The first-order chi connectivity index (χ1) is 11.7. The van der Waals surface area contributed by atoms with E-state index in [1.165, 1.54) is 0 Å². The van der Waals surface area contributed by atoms with Crippen LogP contribution in [0, 0.1) is 0 Å². The minimum absolute atomic E-state index is 0.0152. The van der Waals surface area contributed by atoms with E-state index in [0.29, 0.717) is 12.2 Å². The molecule has 1 aromatic heterocycles. The van der Waals surface area contributed by atoms with E-state index in [2.05, 4.69) is 15.7 Å². The van der Waals surface area contributed by atoms with E-state index in [1.54, 1.807) is 17.1 Å². The van der Waals surface area contributed by atoms with Crippen molar-refractivity contribution in [1.82, 2.24) is 15.1 Å². The summed E-state index contributed by atoms with van der Waals surface area (Å²) in [4.78, 5) is 12.0. The number of urea groups is 1. The van der Waals surface area contributed by atoms with Crippen LogP contribution in [0.3, 0.4) is 0 Å². The molecule has 0 saturated carbocycles. The smallest absolute Gasteiger partial charge is 0.319 e. The molecular weight excluding hydrogens is 304 g/mol. The van der Waals surface area contributed by atoms with Gasteiger partial charge in [-0.1, -0.05) is 42.5 Å². The predicted octanol–water partition coefficient (Wildman–Crippen LogP) is 2.69. The van der Waals surface area contributed by atoms with E-state index in [-0.39, 0.29) is 12.6 Å². The second kappa shape index (κ2) is 7.43. The zero-order valence-electron chi connectivity index (χ0n) is 13.0. The average molecular weight is 322 g/mol. The second-order valence-corrected chi connectivity index (χ2v) is 5.29.